The van der Waals surface area contributed by atoms with Crippen molar-refractivity contribution >= 4 is 40.1 Å². The van der Waals surface area contributed by atoms with Gasteiger partial charge in [-0.2, -0.15) is 16.6 Å². The first-order chi connectivity index (χ1) is 11.7. The number of hydrogen-bond acceptors (Lipinski definition) is 5. The Labute approximate surface area is 147 Å². The van der Waals surface area contributed by atoms with E-state index in [-0.39, 0.29) is 5.56 Å². The van der Waals surface area contributed by atoms with Crippen LogP contribution in [-0.4, -0.2) is 4.57 Å². The molecule has 1 aromatic carbocycles. The van der Waals surface area contributed by atoms with E-state index in [1.807, 2.05) is 54.1 Å². The predicted octanol–water partition coefficient (Wildman–Crippen LogP) is 2.56. The van der Waals surface area contributed by atoms with Crippen LogP contribution in [0.4, 0.5) is 5.69 Å². The first kappa shape index (κ1) is 16.2. The van der Waals surface area contributed by atoms with Crippen molar-refractivity contribution in [2.24, 2.45) is 0 Å². The summed E-state index contributed by atoms with van der Waals surface area (Å²) in [7, 11) is 0. The molecule has 2 heterocycles. The zero-order valence-electron chi connectivity index (χ0n) is 13.0. The number of nitrogens with zero attached hydrogens (tertiary/aromatic N) is 2. The number of rotatable bonds is 4. The minimum Gasteiger partial charge on any atom is -0.360 e. The molecule has 0 aliphatic carbocycles. The molecule has 0 fully saturated rings. The lowest BCUT2D eigenvalue weighted by molar-refractivity contribution is 0.721. The number of para-hydroxylation sites is 1. The monoisotopic (exact) mass is 353 g/mol. The second kappa shape index (κ2) is 7.30. The maximum atomic E-state index is 12.6. The van der Waals surface area contributed by atoms with Gasteiger partial charge in [0.15, 0.2) is 0 Å². The van der Waals surface area contributed by atoms with Gasteiger partial charge in [-0.25, -0.2) is 0 Å². The van der Waals surface area contributed by atoms with Gasteiger partial charge in [-0.05, 0) is 35.9 Å². The summed E-state index contributed by atoms with van der Waals surface area (Å²) < 4.78 is 2.93. The molecular weight excluding hydrogens is 338 g/mol. The van der Waals surface area contributed by atoms with E-state index in [4.69, 9.17) is 0 Å². The zero-order valence-corrected chi connectivity index (χ0v) is 14.7. The van der Waals surface area contributed by atoms with E-state index in [1.165, 1.54) is 22.7 Å². The number of nitriles is 1. The molecule has 0 spiro atoms. The number of nitrogens with one attached hydrogen (secondary N) is 1. The van der Waals surface area contributed by atoms with Gasteiger partial charge >= 0.3 is 0 Å². The van der Waals surface area contributed by atoms with Crippen LogP contribution in [-0.2, 0) is 6.54 Å². The molecule has 0 amide bonds. The Bertz CT molecular complexity index is 1040. The van der Waals surface area contributed by atoms with Gasteiger partial charge in [0.25, 0.3) is 5.56 Å². The van der Waals surface area contributed by atoms with Crippen molar-refractivity contribution < 1.29 is 0 Å². The predicted molar refractivity (Wildman–Crippen MR) is 100 cm³/mol. The summed E-state index contributed by atoms with van der Waals surface area (Å²) >= 11 is 2.87. The van der Waals surface area contributed by atoms with Gasteiger partial charge in [-0.1, -0.05) is 18.2 Å². The highest BCUT2D eigenvalue weighted by Gasteiger charge is 2.10. The molecule has 2 aromatic heterocycles. The summed E-state index contributed by atoms with van der Waals surface area (Å²) in [5, 5.41) is 16.6. The highest BCUT2D eigenvalue weighted by atomic mass is 32.1. The maximum Gasteiger partial charge on any atom is 0.270 e. The van der Waals surface area contributed by atoms with E-state index in [0.717, 1.165) is 11.3 Å². The molecule has 0 unspecified atom stereocenters. The van der Waals surface area contributed by atoms with E-state index in [1.54, 1.807) is 10.8 Å². The van der Waals surface area contributed by atoms with E-state index in [0.29, 0.717) is 21.3 Å². The summed E-state index contributed by atoms with van der Waals surface area (Å²) in [5.74, 6) is 0. The second-order valence-electron chi connectivity index (χ2n) is 4.97. The van der Waals surface area contributed by atoms with Gasteiger partial charge in [0.1, 0.15) is 15.3 Å². The van der Waals surface area contributed by atoms with Crippen LogP contribution < -0.4 is 20.1 Å². The lowest BCUT2D eigenvalue weighted by Gasteiger charge is -1.97. The van der Waals surface area contributed by atoms with Crippen molar-refractivity contribution in [1.29, 1.82) is 5.26 Å². The number of hydrogen-bond donors (Lipinski definition) is 1. The number of thiazole rings is 1. The van der Waals surface area contributed by atoms with Gasteiger partial charge in [-0.15, -0.1) is 11.3 Å². The molecule has 0 aliphatic rings. The quantitative estimate of drug-likeness (QED) is 0.784. The third kappa shape index (κ3) is 3.18. The molecule has 1 N–H and O–H groups in total. The van der Waals surface area contributed by atoms with Crippen molar-refractivity contribution in [3.63, 3.8) is 0 Å². The van der Waals surface area contributed by atoms with Crippen LogP contribution in [0.5, 0.6) is 0 Å². The molecule has 0 aliphatic heterocycles. The van der Waals surface area contributed by atoms with Crippen molar-refractivity contribution in [3.05, 3.63) is 72.3 Å². The summed E-state index contributed by atoms with van der Waals surface area (Å²) in [6.07, 6.45) is 1.71. The molecule has 24 heavy (non-hydrogen) atoms. The van der Waals surface area contributed by atoms with E-state index in [2.05, 4.69) is 11.4 Å². The van der Waals surface area contributed by atoms with Crippen LogP contribution >= 0.6 is 22.7 Å². The molecule has 0 saturated carbocycles. The first-order valence-corrected chi connectivity index (χ1v) is 9.19. The van der Waals surface area contributed by atoms with Gasteiger partial charge in [-0.3, -0.25) is 9.36 Å². The highest BCUT2D eigenvalue weighted by molar-refractivity contribution is 7.08. The fraction of sp³-hybridized carbons (Fsp3) is 0.111. The molecule has 0 bridgehead atoms. The second-order valence-corrected chi connectivity index (χ2v) is 6.79. The largest absolute Gasteiger partial charge is 0.360 e. The van der Waals surface area contributed by atoms with Crippen LogP contribution in [0, 0.1) is 11.3 Å². The fourth-order valence-electron chi connectivity index (χ4n) is 2.32. The summed E-state index contributed by atoms with van der Waals surface area (Å²) in [6, 6.07) is 13.8. The molecule has 0 saturated heterocycles. The SMILES string of the molecule is CCn1c(=O)/c(=C\Nc2ccccc2)s/c1=C(/C#N)c1ccsc1. The third-order valence-corrected chi connectivity index (χ3v) is 5.32. The van der Waals surface area contributed by atoms with Crippen LogP contribution in [0.25, 0.3) is 11.8 Å². The third-order valence-electron chi connectivity index (χ3n) is 3.50. The minimum absolute atomic E-state index is 0.0797. The number of thiophene rings is 1. The Balaban J connectivity index is 2.17. The maximum absolute atomic E-state index is 12.6. The molecule has 120 valence electrons. The van der Waals surface area contributed by atoms with Crippen molar-refractivity contribution in [3.8, 4) is 6.07 Å². The number of anilines is 1. The van der Waals surface area contributed by atoms with Crippen LogP contribution in [0.2, 0.25) is 0 Å². The molecular formula is C18H15N3OS2. The molecule has 0 radical (unpaired) electrons. The average molecular weight is 353 g/mol. The zero-order chi connectivity index (χ0) is 16.9. The fourth-order valence-corrected chi connectivity index (χ4v) is 4.08. The summed E-state index contributed by atoms with van der Waals surface area (Å²) in [6.45, 7) is 2.44. The molecule has 3 aromatic rings. The Kier molecular flexibility index (Phi) is 4.94. The average Bonchev–Trinajstić information content (AvgIpc) is 3.24. The Morgan fingerprint density at radius 2 is 2.12 bits per heavy atom. The highest BCUT2D eigenvalue weighted by Crippen LogP contribution is 2.14. The van der Waals surface area contributed by atoms with E-state index >= 15 is 0 Å². The van der Waals surface area contributed by atoms with Gasteiger partial charge in [0, 0.05) is 24.0 Å². The Morgan fingerprint density at radius 1 is 1.33 bits per heavy atom. The van der Waals surface area contributed by atoms with Gasteiger partial charge in [0.2, 0.25) is 0 Å². The minimum atomic E-state index is -0.0797. The Morgan fingerprint density at radius 3 is 2.75 bits per heavy atom. The van der Waals surface area contributed by atoms with Crippen LogP contribution in [0.3, 0.4) is 0 Å². The van der Waals surface area contributed by atoms with Gasteiger partial charge in [0.05, 0.1) is 5.57 Å². The van der Waals surface area contributed by atoms with Crippen molar-refractivity contribution in [2.45, 2.75) is 13.5 Å². The number of aromatic nitrogens is 1. The summed E-state index contributed by atoms with van der Waals surface area (Å²) in [4.78, 5) is 12.6. The van der Waals surface area contributed by atoms with Crippen molar-refractivity contribution in [2.75, 3.05) is 5.32 Å². The normalized spacial score (nSPS) is 12.8. The molecule has 0 atom stereocenters. The smallest absolute Gasteiger partial charge is 0.270 e. The molecule has 6 heteroatoms. The van der Waals surface area contributed by atoms with Gasteiger partial charge < -0.3 is 5.32 Å². The standard InChI is InChI=1S/C18H15N3OS2/c1-2-21-17(22)16(11-20-14-6-4-3-5-7-14)24-18(21)15(10-19)13-8-9-23-12-13/h3-9,11-12,20H,2H2,1H3/b16-11+,18-15-. The first-order valence-electron chi connectivity index (χ1n) is 7.43. The lowest BCUT2D eigenvalue weighted by Crippen LogP contribution is -2.31. The lowest BCUT2D eigenvalue weighted by atomic mass is 10.2. The molecule has 4 nitrogen and oxygen atoms in total. The Hall–Kier alpha value is -2.62. The van der Waals surface area contributed by atoms with Crippen LogP contribution in [0.15, 0.2) is 52.0 Å². The van der Waals surface area contributed by atoms with E-state index < -0.39 is 0 Å². The van der Waals surface area contributed by atoms with Crippen molar-refractivity contribution in [1.82, 2.24) is 4.57 Å². The topological polar surface area (TPSA) is 57.8 Å². The van der Waals surface area contributed by atoms with Crippen LogP contribution in [0.1, 0.15) is 12.5 Å². The molecule has 3 rings (SSSR count). The van der Waals surface area contributed by atoms with E-state index in [9.17, 15) is 10.1 Å². The number of benzene rings is 1. The summed E-state index contributed by atoms with van der Waals surface area (Å²) in [5.41, 5.74) is 2.23.